The number of rotatable bonds is 4. The number of nitrogens with zero attached hydrogens (tertiary/aromatic N) is 3. The number of carbonyl (C=O) groups excluding carboxylic acids is 1. The lowest BCUT2D eigenvalue weighted by molar-refractivity contribution is -0.121. The molecule has 0 saturated carbocycles. The number of hydrogen-bond acceptors (Lipinski definition) is 3. The quantitative estimate of drug-likeness (QED) is 0.831. The first-order chi connectivity index (χ1) is 7.81. The van der Waals surface area contributed by atoms with Crippen LogP contribution in [0.3, 0.4) is 0 Å². The Labute approximate surface area is 93.4 Å². The van der Waals surface area contributed by atoms with E-state index in [1.807, 2.05) is 31.2 Å². The first-order valence-corrected chi connectivity index (χ1v) is 5.36. The molecule has 16 heavy (non-hydrogen) atoms. The molecule has 5 nitrogen and oxygen atoms in total. The average molecular weight is 218 g/mol. The summed E-state index contributed by atoms with van der Waals surface area (Å²) >= 11 is 0. The highest BCUT2D eigenvalue weighted by Crippen LogP contribution is 2.08. The lowest BCUT2D eigenvalue weighted by Crippen LogP contribution is -2.28. The molecular weight excluding hydrogens is 204 g/mol. The van der Waals surface area contributed by atoms with Gasteiger partial charge in [0.05, 0.1) is 5.52 Å². The third-order valence-electron chi connectivity index (χ3n) is 2.29. The molecule has 84 valence electrons. The van der Waals surface area contributed by atoms with Crippen molar-refractivity contribution in [3.8, 4) is 0 Å². The predicted octanol–water partition coefficient (Wildman–Crippen LogP) is 0.957. The van der Waals surface area contributed by atoms with Gasteiger partial charge >= 0.3 is 0 Å². The summed E-state index contributed by atoms with van der Waals surface area (Å²) in [6, 6.07) is 7.59. The Balaban J connectivity index is 2.12. The molecule has 0 aliphatic rings. The average Bonchev–Trinajstić information content (AvgIpc) is 2.70. The highest BCUT2D eigenvalue weighted by Gasteiger charge is 2.07. The van der Waals surface area contributed by atoms with Crippen LogP contribution in [0.4, 0.5) is 0 Å². The van der Waals surface area contributed by atoms with Gasteiger partial charge in [-0.3, -0.25) is 4.79 Å². The van der Waals surface area contributed by atoms with Crippen molar-refractivity contribution in [2.24, 2.45) is 0 Å². The molecule has 0 aliphatic heterocycles. The van der Waals surface area contributed by atoms with Crippen LogP contribution in [0.1, 0.15) is 13.3 Å². The Kier molecular flexibility index (Phi) is 3.14. The number of amides is 1. The molecule has 1 aromatic carbocycles. The van der Waals surface area contributed by atoms with Crippen LogP contribution in [0.15, 0.2) is 24.3 Å². The van der Waals surface area contributed by atoms with Gasteiger partial charge in [-0.2, -0.15) is 0 Å². The van der Waals surface area contributed by atoms with Gasteiger partial charge in [-0.1, -0.05) is 24.3 Å². The van der Waals surface area contributed by atoms with E-state index in [2.05, 4.69) is 15.6 Å². The molecule has 0 aliphatic carbocycles. The zero-order valence-corrected chi connectivity index (χ0v) is 9.18. The van der Waals surface area contributed by atoms with Gasteiger partial charge in [-0.05, 0) is 18.6 Å². The van der Waals surface area contributed by atoms with Gasteiger partial charge in [0, 0.05) is 6.54 Å². The molecule has 0 fully saturated rings. The Morgan fingerprint density at radius 3 is 3.06 bits per heavy atom. The minimum atomic E-state index is -0.0301. The summed E-state index contributed by atoms with van der Waals surface area (Å²) in [6.07, 6.45) is 0.934. The smallest absolute Gasteiger partial charge is 0.241 e. The zero-order chi connectivity index (χ0) is 11.4. The normalized spacial score (nSPS) is 10.6. The molecular formula is C11H14N4O. The van der Waals surface area contributed by atoms with E-state index >= 15 is 0 Å². The predicted molar refractivity (Wildman–Crippen MR) is 60.8 cm³/mol. The van der Waals surface area contributed by atoms with Crippen molar-refractivity contribution >= 4 is 16.9 Å². The molecule has 0 unspecified atom stereocenters. The molecule has 2 aromatic rings. The second-order valence-corrected chi connectivity index (χ2v) is 3.59. The van der Waals surface area contributed by atoms with Crippen molar-refractivity contribution in [2.75, 3.05) is 6.54 Å². The number of hydrogen-bond donors (Lipinski definition) is 1. The standard InChI is InChI=1S/C11H14N4O/c1-2-7-12-11(16)8-15-10-6-4-3-5-9(10)13-14-15/h3-6H,2,7-8H2,1H3,(H,12,16). The molecule has 5 heteroatoms. The fourth-order valence-corrected chi connectivity index (χ4v) is 1.49. The Hall–Kier alpha value is -1.91. The third kappa shape index (κ3) is 2.18. The first-order valence-electron chi connectivity index (χ1n) is 5.36. The van der Waals surface area contributed by atoms with Gasteiger partial charge in [-0.15, -0.1) is 5.10 Å². The van der Waals surface area contributed by atoms with Gasteiger partial charge in [-0.25, -0.2) is 4.68 Å². The van der Waals surface area contributed by atoms with E-state index < -0.39 is 0 Å². The first kappa shape index (κ1) is 10.6. The van der Waals surface area contributed by atoms with Crippen molar-refractivity contribution in [3.63, 3.8) is 0 Å². The fourth-order valence-electron chi connectivity index (χ4n) is 1.49. The summed E-state index contributed by atoms with van der Waals surface area (Å²) in [6.45, 7) is 2.94. The van der Waals surface area contributed by atoms with E-state index in [0.29, 0.717) is 6.54 Å². The van der Waals surface area contributed by atoms with Gasteiger partial charge in [0.25, 0.3) is 0 Å². The highest BCUT2D eigenvalue weighted by atomic mass is 16.2. The Morgan fingerprint density at radius 1 is 1.44 bits per heavy atom. The van der Waals surface area contributed by atoms with Gasteiger partial charge < -0.3 is 5.32 Å². The minimum Gasteiger partial charge on any atom is -0.355 e. The number of nitrogens with one attached hydrogen (secondary N) is 1. The molecule has 2 rings (SSSR count). The maximum absolute atomic E-state index is 11.5. The van der Waals surface area contributed by atoms with Gasteiger partial charge in [0.15, 0.2) is 0 Å². The van der Waals surface area contributed by atoms with Crippen molar-refractivity contribution in [2.45, 2.75) is 19.9 Å². The van der Waals surface area contributed by atoms with Crippen LogP contribution in [0.25, 0.3) is 11.0 Å². The highest BCUT2D eigenvalue weighted by molar-refractivity contribution is 5.79. The van der Waals surface area contributed by atoms with Crippen LogP contribution in [-0.2, 0) is 11.3 Å². The van der Waals surface area contributed by atoms with Crippen LogP contribution in [0.5, 0.6) is 0 Å². The van der Waals surface area contributed by atoms with Gasteiger partial charge in [0.1, 0.15) is 12.1 Å². The van der Waals surface area contributed by atoms with E-state index in [1.54, 1.807) is 4.68 Å². The number of aromatic nitrogens is 3. The van der Waals surface area contributed by atoms with Crippen molar-refractivity contribution in [1.29, 1.82) is 0 Å². The lowest BCUT2D eigenvalue weighted by atomic mass is 10.3. The van der Waals surface area contributed by atoms with Crippen LogP contribution in [0, 0.1) is 0 Å². The van der Waals surface area contributed by atoms with Crippen LogP contribution in [0.2, 0.25) is 0 Å². The molecule has 0 radical (unpaired) electrons. The monoisotopic (exact) mass is 218 g/mol. The summed E-state index contributed by atoms with van der Waals surface area (Å²) < 4.78 is 1.61. The van der Waals surface area contributed by atoms with E-state index in [4.69, 9.17) is 0 Å². The summed E-state index contributed by atoms with van der Waals surface area (Å²) in [4.78, 5) is 11.5. The zero-order valence-electron chi connectivity index (χ0n) is 9.18. The Morgan fingerprint density at radius 2 is 2.25 bits per heavy atom. The maximum Gasteiger partial charge on any atom is 0.241 e. The molecule has 0 atom stereocenters. The summed E-state index contributed by atoms with van der Waals surface area (Å²) in [7, 11) is 0. The number of carbonyl (C=O) groups is 1. The molecule has 1 heterocycles. The molecule has 1 aromatic heterocycles. The van der Waals surface area contributed by atoms with E-state index in [9.17, 15) is 4.79 Å². The summed E-state index contributed by atoms with van der Waals surface area (Å²) in [5.74, 6) is -0.0301. The molecule has 0 bridgehead atoms. The van der Waals surface area contributed by atoms with E-state index in [0.717, 1.165) is 17.5 Å². The van der Waals surface area contributed by atoms with Gasteiger partial charge in [0.2, 0.25) is 5.91 Å². The van der Waals surface area contributed by atoms with Crippen LogP contribution >= 0.6 is 0 Å². The largest absolute Gasteiger partial charge is 0.355 e. The summed E-state index contributed by atoms with van der Waals surface area (Å²) in [5, 5.41) is 10.7. The second kappa shape index (κ2) is 4.74. The Bertz CT molecular complexity index is 491. The van der Waals surface area contributed by atoms with Crippen molar-refractivity contribution in [1.82, 2.24) is 20.3 Å². The number of para-hydroxylation sites is 1. The molecule has 1 amide bonds. The number of fused-ring (bicyclic) bond motifs is 1. The second-order valence-electron chi connectivity index (χ2n) is 3.59. The molecule has 0 saturated heterocycles. The van der Waals surface area contributed by atoms with E-state index in [1.165, 1.54) is 0 Å². The number of benzene rings is 1. The van der Waals surface area contributed by atoms with Crippen LogP contribution in [-0.4, -0.2) is 27.4 Å². The summed E-state index contributed by atoms with van der Waals surface area (Å²) in [5.41, 5.74) is 1.69. The lowest BCUT2D eigenvalue weighted by Gasteiger charge is -2.03. The SMILES string of the molecule is CCCNC(=O)Cn1nnc2ccccc21. The molecule has 1 N–H and O–H groups in total. The van der Waals surface area contributed by atoms with Crippen LogP contribution < -0.4 is 5.32 Å². The fraction of sp³-hybridized carbons (Fsp3) is 0.364. The third-order valence-corrected chi connectivity index (χ3v) is 2.29. The maximum atomic E-state index is 11.5. The molecule has 0 spiro atoms. The van der Waals surface area contributed by atoms with Crippen molar-refractivity contribution < 1.29 is 4.79 Å². The van der Waals surface area contributed by atoms with Crippen molar-refractivity contribution in [3.05, 3.63) is 24.3 Å². The minimum absolute atomic E-state index is 0.0301. The van der Waals surface area contributed by atoms with E-state index in [-0.39, 0.29) is 12.5 Å². The topological polar surface area (TPSA) is 59.8 Å².